The highest BCUT2D eigenvalue weighted by atomic mass is 16.6. The Kier molecular flexibility index (Phi) is 4.48. The van der Waals surface area contributed by atoms with Gasteiger partial charge < -0.3 is 15.7 Å². The quantitative estimate of drug-likeness (QED) is 0.605. The minimum atomic E-state index is -0.0759. The van der Waals surface area contributed by atoms with Gasteiger partial charge in [-0.15, -0.1) is 0 Å². The van der Waals surface area contributed by atoms with Crippen molar-refractivity contribution in [3.63, 3.8) is 0 Å². The normalized spacial score (nSPS) is 47.7. The largest absolute Gasteiger partial charge is 0.394 e. The Morgan fingerprint density at radius 1 is 1.16 bits per heavy atom. The third kappa shape index (κ3) is 2.68. The van der Waals surface area contributed by atoms with Gasteiger partial charge in [-0.1, -0.05) is 24.6 Å². The van der Waals surface area contributed by atoms with Gasteiger partial charge in [0.1, 0.15) is 6.61 Å². The molecule has 0 aliphatic heterocycles. The molecule has 3 N–H and O–H groups in total. The first-order chi connectivity index (χ1) is 12.0. The molecule has 4 nitrogen and oxygen atoms in total. The SMILES string of the molecule is C[C@]12CC/C(=N/OCCN)C=C1CCC1C2CC[C@@]2(C)C1CC[C@@H]2O. The van der Waals surface area contributed by atoms with E-state index >= 15 is 0 Å². The zero-order chi connectivity index (χ0) is 17.7. The Hall–Kier alpha value is -0.870. The molecule has 4 aliphatic rings. The summed E-state index contributed by atoms with van der Waals surface area (Å²) in [6.45, 7) is 5.87. The molecule has 0 amide bonds. The fraction of sp³-hybridized carbons (Fsp3) is 0.857. The molecule has 140 valence electrons. The van der Waals surface area contributed by atoms with E-state index in [-0.39, 0.29) is 11.5 Å². The van der Waals surface area contributed by atoms with Crippen molar-refractivity contribution in [3.8, 4) is 0 Å². The molecular weight excluding hydrogens is 312 g/mol. The summed E-state index contributed by atoms with van der Waals surface area (Å²) >= 11 is 0. The molecule has 0 radical (unpaired) electrons. The molecule has 3 saturated carbocycles. The first kappa shape index (κ1) is 17.5. The molecule has 3 unspecified atom stereocenters. The van der Waals surface area contributed by atoms with Crippen molar-refractivity contribution >= 4 is 5.71 Å². The van der Waals surface area contributed by atoms with Crippen LogP contribution in [0.2, 0.25) is 0 Å². The number of hydrogen-bond donors (Lipinski definition) is 2. The van der Waals surface area contributed by atoms with Gasteiger partial charge in [-0.25, -0.2) is 0 Å². The zero-order valence-corrected chi connectivity index (χ0v) is 15.8. The molecule has 0 aromatic carbocycles. The molecule has 0 spiro atoms. The first-order valence-electron chi connectivity index (χ1n) is 10.3. The van der Waals surface area contributed by atoms with Crippen LogP contribution >= 0.6 is 0 Å². The number of nitrogens with two attached hydrogens (primary N) is 1. The number of oxime groups is 1. The summed E-state index contributed by atoms with van der Waals surface area (Å²) in [7, 11) is 0. The second-order valence-electron chi connectivity index (χ2n) is 9.34. The van der Waals surface area contributed by atoms with Crippen molar-refractivity contribution in [1.82, 2.24) is 0 Å². The molecule has 3 fully saturated rings. The molecule has 4 heteroatoms. The average Bonchev–Trinajstić information content (AvgIpc) is 2.90. The maximum absolute atomic E-state index is 10.6. The summed E-state index contributed by atoms with van der Waals surface area (Å²) in [5.41, 5.74) is 8.67. The molecular formula is C21H34N2O2. The second-order valence-corrected chi connectivity index (χ2v) is 9.34. The third-order valence-electron chi connectivity index (χ3n) is 8.32. The van der Waals surface area contributed by atoms with Gasteiger partial charge in [-0.05, 0) is 86.0 Å². The molecule has 0 saturated heterocycles. The van der Waals surface area contributed by atoms with E-state index in [1.807, 2.05) is 0 Å². The number of aliphatic hydroxyl groups is 1. The summed E-state index contributed by atoms with van der Waals surface area (Å²) < 4.78 is 0. The molecule has 6 atom stereocenters. The van der Waals surface area contributed by atoms with Gasteiger partial charge in [0, 0.05) is 6.54 Å². The highest BCUT2D eigenvalue weighted by Crippen LogP contribution is 2.65. The molecule has 4 aliphatic carbocycles. The summed E-state index contributed by atoms with van der Waals surface area (Å²) in [6, 6.07) is 0. The van der Waals surface area contributed by atoms with Gasteiger partial charge in [-0.2, -0.15) is 0 Å². The fourth-order valence-corrected chi connectivity index (χ4v) is 6.80. The predicted octanol–water partition coefficient (Wildman–Crippen LogP) is 3.64. The van der Waals surface area contributed by atoms with Crippen molar-refractivity contribution in [2.24, 2.45) is 39.5 Å². The topological polar surface area (TPSA) is 67.8 Å². The third-order valence-corrected chi connectivity index (χ3v) is 8.32. The van der Waals surface area contributed by atoms with Crippen molar-refractivity contribution in [2.75, 3.05) is 13.2 Å². The smallest absolute Gasteiger partial charge is 0.129 e. The van der Waals surface area contributed by atoms with E-state index in [4.69, 9.17) is 10.6 Å². The minimum Gasteiger partial charge on any atom is -0.394 e. The lowest BCUT2D eigenvalue weighted by Crippen LogP contribution is -2.51. The Bertz CT molecular complexity index is 586. The van der Waals surface area contributed by atoms with E-state index in [0.29, 0.717) is 18.6 Å². The summed E-state index contributed by atoms with van der Waals surface area (Å²) in [5, 5.41) is 14.9. The van der Waals surface area contributed by atoms with Gasteiger partial charge in [0.05, 0.1) is 11.8 Å². The maximum Gasteiger partial charge on any atom is 0.129 e. The summed E-state index contributed by atoms with van der Waals surface area (Å²) in [5.74, 6) is 2.30. The van der Waals surface area contributed by atoms with Gasteiger partial charge >= 0.3 is 0 Å². The lowest BCUT2D eigenvalue weighted by molar-refractivity contribution is -0.0722. The fourth-order valence-electron chi connectivity index (χ4n) is 6.80. The lowest BCUT2D eigenvalue weighted by Gasteiger charge is -2.57. The standard InChI is InChI=1S/C21H34N2O2/c1-20-9-7-15(23-25-12-11-22)13-14(20)3-4-16-17-5-6-19(24)21(17,2)10-8-18(16)20/h13,16-19,24H,3-12,22H2,1-2H3/b23-15-/t16?,17?,18?,19-,20-,21-/m0/s1. The minimum absolute atomic E-state index is 0.0759. The molecule has 0 bridgehead atoms. The van der Waals surface area contributed by atoms with E-state index in [2.05, 4.69) is 25.1 Å². The maximum atomic E-state index is 10.6. The molecule has 0 heterocycles. The van der Waals surface area contributed by atoms with E-state index in [1.54, 1.807) is 5.57 Å². The van der Waals surface area contributed by atoms with Crippen molar-refractivity contribution in [2.45, 2.75) is 71.3 Å². The van der Waals surface area contributed by atoms with Crippen LogP contribution in [0.1, 0.15) is 65.2 Å². The van der Waals surface area contributed by atoms with Crippen LogP contribution in [-0.4, -0.2) is 30.1 Å². The highest BCUT2D eigenvalue weighted by molar-refractivity contribution is 5.96. The van der Waals surface area contributed by atoms with Crippen molar-refractivity contribution < 1.29 is 9.94 Å². The van der Waals surface area contributed by atoms with Crippen LogP contribution in [0, 0.1) is 28.6 Å². The second kappa shape index (κ2) is 6.38. The number of hydrogen-bond acceptors (Lipinski definition) is 4. The molecule has 4 rings (SSSR count). The number of aliphatic hydroxyl groups excluding tert-OH is 1. The number of allylic oxidation sites excluding steroid dienone is 2. The first-order valence-corrected chi connectivity index (χ1v) is 10.3. The monoisotopic (exact) mass is 346 g/mol. The van der Waals surface area contributed by atoms with E-state index in [9.17, 15) is 5.11 Å². The Labute approximate surface area is 151 Å². The van der Waals surface area contributed by atoms with E-state index in [0.717, 1.165) is 36.3 Å². The van der Waals surface area contributed by atoms with Crippen LogP contribution in [0.15, 0.2) is 16.8 Å². The van der Waals surface area contributed by atoms with Gasteiger partial charge in [0.15, 0.2) is 0 Å². The van der Waals surface area contributed by atoms with Gasteiger partial charge in [0.25, 0.3) is 0 Å². The van der Waals surface area contributed by atoms with E-state index in [1.165, 1.54) is 38.5 Å². The highest BCUT2D eigenvalue weighted by Gasteiger charge is 2.58. The van der Waals surface area contributed by atoms with Crippen molar-refractivity contribution in [1.29, 1.82) is 0 Å². The van der Waals surface area contributed by atoms with Gasteiger partial charge in [-0.3, -0.25) is 0 Å². The lowest BCUT2D eigenvalue weighted by atomic mass is 9.47. The van der Waals surface area contributed by atoms with E-state index < -0.39 is 0 Å². The number of fused-ring (bicyclic) bond motifs is 5. The molecule has 0 aromatic rings. The summed E-state index contributed by atoms with van der Waals surface area (Å²) in [6.07, 6.45) is 11.7. The summed E-state index contributed by atoms with van der Waals surface area (Å²) in [4.78, 5) is 5.31. The van der Waals surface area contributed by atoms with Gasteiger partial charge in [0.2, 0.25) is 0 Å². The van der Waals surface area contributed by atoms with Crippen molar-refractivity contribution in [3.05, 3.63) is 11.6 Å². The van der Waals surface area contributed by atoms with Crippen LogP contribution < -0.4 is 5.73 Å². The van der Waals surface area contributed by atoms with Crippen LogP contribution in [0.4, 0.5) is 0 Å². The number of nitrogens with zero attached hydrogens (tertiary/aromatic N) is 1. The Balaban J connectivity index is 1.57. The molecule has 0 aromatic heterocycles. The molecule has 25 heavy (non-hydrogen) atoms. The van der Waals surface area contributed by atoms with Crippen LogP contribution in [0.25, 0.3) is 0 Å². The zero-order valence-electron chi connectivity index (χ0n) is 15.8. The number of rotatable bonds is 3. The van der Waals surface area contributed by atoms with Crippen LogP contribution in [0.3, 0.4) is 0 Å². The Morgan fingerprint density at radius 3 is 2.80 bits per heavy atom. The van der Waals surface area contributed by atoms with Crippen LogP contribution in [0.5, 0.6) is 0 Å². The average molecular weight is 347 g/mol. The predicted molar refractivity (Wildman–Crippen MR) is 100 cm³/mol. The van der Waals surface area contributed by atoms with Crippen LogP contribution in [-0.2, 0) is 4.84 Å². The Morgan fingerprint density at radius 2 is 2.00 bits per heavy atom.